The molecule has 0 spiro atoms. The van der Waals surface area contributed by atoms with Crippen molar-refractivity contribution in [1.29, 1.82) is 5.26 Å². The molecule has 0 aliphatic heterocycles. The Hall–Kier alpha value is -3.26. The topological polar surface area (TPSA) is 71.3 Å². The Morgan fingerprint density at radius 2 is 1.93 bits per heavy atom. The average Bonchev–Trinajstić information content (AvgIpc) is 2.71. The minimum absolute atomic E-state index is 0.0472. The SMILES string of the molecule is COc1cc(/C=C(\C#N)C(=O)NCCc2ccccc2)ccc1OCC(C)C. The third-order valence-corrected chi connectivity index (χ3v) is 3.98. The predicted octanol–water partition coefficient (Wildman–Crippen LogP) is 4.00. The van der Waals surface area contributed by atoms with Crippen molar-refractivity contribution in [1.82, 2.24) is 5.32 Å². The summed E-state index contributed by atoms with van der Waals surface area (Å²) in [7, 11) is 1.56. The average molecular weight is 378 g/mol. The molecule has 0 fully saturated rings. The Labute approximate surface area is 166 Å². The van der Waals surface area contributed by atoms with E-state index in [1.54, 1.807) is 31.4 Å². The number of nitriles is 1. The van der Waals surface area contributed by atoms with Crippen molar-refractivity contribution >= 4 is 12.0 Å². The Balaban J connectivity index is 2.03. The Bertz CT molecular complexity index is 852. The number of carbonyl (C=O) groups excluding carboxylic acids is 1. The summed E-state index contributed by atoms with van der Waals surface area (Å²) in [5.41, 5.74) is 1.88. The fraction of sp³-hybridized carbons (Fsp3) is 0.304. The van der Waals surface area contributed by atoms with Gasteiger partial charge in [0.05, 0.1) is 13.7 Å². The molecule has 1 N–H and O–H groups in total. The van der Waals surface area contributed by atoms with E-state index in [4.69, 9.17) is 9.47 Å². The maximum absolute atomic E-state index is 12.3. The Morgan fingerprint density at radius 3 is 2.57 bits per heavy atom. The van der Waals surface area contributed by atoms with Crippen LogP contribution in [-0.4, -0.2) is 26.2 Å². The van der Waals surface area contributed by atoms with Gasteiger partial charge in [-0.3, -0.25) is 4.79 Å². The van der Waals surface area contributed by atoms with Crippen LogP contribution >= 0.6 is 0 Å². The van der Waals surface area contributed by atoms with Crippen molar-refractivity contribution in [3.8, 4) is 17.6 Å². The predicted molar refractivity (Wildman–Crippen MR) is 110 cm³/mol. The minimum atomic E-state index is -0.391. The first-order valence-corrected chi connectivity index (χ1v) is 9.28. The molecule has 2 aromatic rings. The number of amides is 1. The zero-order valence-electron chi connectivity index (χ0n) is 16.6. The summed E-state index contributed by atoms with van der Waals surface area (Å²) in [4.78, 5) is 12.3. The molecular weight excluding hydrogens is 352 g/mol. The molecule has 0 radical (unpaired) electrons. The van der Waals surface area contributed by atoms with Gasteiger partial charge in [0, 0.05) is 6.54 Å². The summed E-state index contributed by atoms with van der Waals surface area (Å²) >= 11 is 0. The first-order valence-electron chi connectivity index (χ1n) is 9.28. The van der Waals surface area contributed by atoms with Gasteiger partial charge in [0.15, 0.2) is 11.5 Å². The Morgan fingerprint density at radius 1 is 1.18 bits per heavy atom. The van der Waals surface area contributed by atoms with Crippen LogP contribution in [0.2, 0.25) is 0 Å². The molecule has 0 atom stereocenters. The van der Waals surface area contributed by atoms with Gasteiger partial charge in [0.2, 0.25) is 0 Å². The van der Waals surface area contributed by atoms with Gasteiger partial charge in [0.1, 0.15) is 11.6 Å². The van der Waals surface area contributed by atoms with Crippen molar-refractivity contribution in [2.24, 2.45) is 5.92 Å². The number of rotatable bonds is 9. The number of carbonyl (C=O) groups is 1. The van der Waals surface area contributed by atoms with Crippen LogP contribution in [0.25, 0.3) is 6.08 Å². The van der Waals surface area contributed by atoms with Gasteiger partial charge in [-0.2, -0.15) is 5.26 Å². The molecule has 5 heteroatoms. The van der Waals surface area contributed by atoms with Gasteiger partial charge in [-0.1, -0.05) is 50.2 Å². The lowest BCUT2D eigenvalue weighted by atomic mass is 10.1. The van der Waals surface area contributed by atoms with Gasteiger partial charge in [0.25, 0.3) is 5.91 Å². The van der Waals surface area contributed by atoms with Gasteiger partial charge >= 0.3 is 0 Å². The molecule has 28 heavy (non-hydrogen) atoms. The molecule has 0 aliphatic rings. The normalized spacial score (nSPS) is 11.0. The van der Waals surface area contributed by atoms with Crippen LogP contribution in [0.1, 0.15) is 25.0 Å². The summed E-state index contributed by atoms with van der Waals surface area (Å²) in [5, 5.41) is 12.2. The molecule has 2 rings (SSSR count). The standard InChI is InChI=1S/C23H26N2O3/c1-17(2)16-28-21-10-9-19(14-22(21)27-3)13-20(15-24)23(26)25-12-11-18-7-5-4-6-8-18/h4-10,13-14,17H,11-12,16H2,1-3H3,(H,25,26)/b20-13+. The van der Waals surface area contributed by atoms with Crippen molar-refractivity contribution < 1.29 is 14.3 Å². The van der Waals surface area contributed by atoms with E-state index in [1.807, 2.05) is 36.4 Å². The summed E-state index contributed by atoms with van der Waals surface area (Å²) in [6, 6.07) is 17.2. The molecule has 0 saturated heterocycles. The maximum atomic E-state index is 12.3. The summed E-state index contributed by atoms with van der Waals surface area (Å²) in [6.07, 6.45) is 2.26. The fourth-order valence-corrected chi connectivity index (χ4v) is 2.53. The molecule has 0 aromatic heterocycles. The highest BCUT2D eigenvalue weighted by Gasteiger charge is 2.11. The molecule has 0 bridgehead atoms. The molecule has 2 aromatic carbocycles. The molecule has 146 valence electrons. The van der Waals surface area contributed by atoms with Crippen LogP contribution < -0.4 is 14.8 Å². The van der Waals surface area contributed by atoms with Crippen LogP contribution in [0, 0.1) is 17.2 Å². The molecule has 0 unspecified atom stereocenters. The van der Waals surface area contributed by atoms with Crippen LogP contribution in [-0.2, 0) is 11.2 Å². The van der Waals surface area contributed by atoms with Crippen molar-refractivity contribution in [3.63, 3.8) is 0 Å². The summed E-state index contributed by atoms with van der Waals surface area (Å²) in [6.45, 7) is 5.18. The molecule has 0 aliphatic carbocycles. The Kier molecular flexibility index (Phi) is 8.11. The lowest BCUT2D eigenvalue weighted by Gasteiger charge is -2.13. The van der Waals surface area contributed by atoms with Gasteiger partial charge < -0.3 is 14.8 Å². The monoisotopic (exact) mass is 378 g/mol. The lowest BCUT2D eigenvalue weighted by molar-refractivity contribution is -0.117. The van der Waals surface area contributed by atoms with Crippen molar-refractivity contribution in [3.05, 3.63) is 65.2 Å². The second-order valence-corrected chi connectivity index (χ2v) is 6.78. The van der Waals surface area contributed by atoms with Gasteiger partial charge in [-0.25, -0.2) is 0 Å². The van der Waals surface area contributed by atoms with E-state index in [9.17, 15) is 10.1 Å². The fourth-order valence-electron chi connectivity index (χ4n) is 2.53. The van der Waals surface area contributed by atoms with E-state index in [0.717, 1.165) is 5.56 Å². The third kappa shape index (κ3) is 6.48. The number of hydrogen-bond acceptors (Lipinski definition) is 4. The number of methoxy groups -OCH3 is 1. The van der Waals surface area contributed by atoms with Crippen LogP contribution in [0.5, 0.6) is 11.5 Å². The van der Waals surface area contributed by atoms with Crippen LogP contribution in [0.15, 0.2) is 54.1 Å². The van der Waals surface area contributed by atoms with Crippen molar-refractivity contribution in [2.45, 2.75) is 20.3 Å². The lowest BCUT2D eigenvalue weighted by Crippen LogP contribution is -2.26. The van der Waals surface area contributed by atoms with E-state index in [2.05, 4.69) is 19.2 Å². The smallest absolute Gasteiger partial charge is 0.261 e. The maximum Gasteiger partial charge on any atom is 0.261 e. The molecule has 0 heterocycles. The number of nitrogens with zero attached hydrogens (tertiary/aromatic N) is 1. The van der Waals surface area contributed by atoms with E-state index in [-0.39, 0.29) is 5.57 Å². The molecule has 0 saturated carbocycles. The largest absolute Gasteiger partial charge is 0.493 e. The number of benzene rings is 2. The third-order valence-electron chi connectivity index (χ3n) is 3.98. The number of nitrogens with one attached hydrogen (secondary N) is 1. The van der Waals surface area contributed by atoms with Gasteiger partial charge in [-0.05, 0) is 41.7 Å². The number of hydrogen-bond donors (Lipinski definition) is 1. The number of ether oxygens (including phenoxy) is 2. The minimum Gasteiger partial charge on any atom is -0.493 e. The quantitative estimate of drug-likeness (QED) is 0.529. The second kappa shape index (κ2) is 10.8. The molecule has 1 amide bonds. The van der Waals surface area contributed by atoms with Gasteiger partial charge in [-0.15, -0.1) is 0 Å². The van der Waals surface area contributed by atoms with Crippen molar-refractivity contribution in [2.75, 3.05) is 20.3 Å². The summed E-state index contributed by atoms with van der Waals surface area (Å²) < 4.78 is 11.1. The first-order chi connectivity index (χ1) is 13.5. The second-order valence-electron chi connectivity index (χ2n) is 6.78. The zero-order chi connectivity index (χ0) is 20.4. The first kappa shape index (κ1) is 21.0. The zero-order valence-corrected chi connectivity index (χ0v) is 16.6. The summed E-state index contributed by atoms with van der Waals surface area (Å²) in [5.74, 6) is 1.21. The highest BCUT2D eigenvalue weighted by Crippen LogP contribution is 2.29. The van der Waals surface area contributed by atoms with E-state index >= 15 is 0 Å². The van der Waals surface area contributed by atoms with Crippen LogP contribution in [0.4, 0.5) is 0 Å². The van der Waals surface area contributed by atoms with E-state index in [0.29, 0.717) is 42.6 Å². The van der Waals surface area contributed by atoms with Crippen LogP contribution in [0.3, 0.4) is 0 Å². The van der Waals surface area contributed by atoms with E-state index in [1.165, 1.54) is 0 Å². The van der Waals surface area contributed by atoms with E-state index < -0.39 is 5.91 Å². The molecular formula is C23H26N2O3. The highest BCUT2D eigenvalue weighted by molar-refractivity contribution is 6.01. The molecule has 5 nitrogen and oxygen atoms in total. The highest BCUT2D eigenvalue weighted by atomic mass is 16.5.